The molecule has 1 heterocycles. The van der Waals surface area contributed by atoms with Gasteiger partial charge in [-0.3, -0.25) is 28.8 Å². The Morgan fingerprint density at radius 1 is 0.943 bits per heavy atom. The van der Waals surface area contributed by atoms with Crippen LogP contribution in [0.25, 0.3) is 0 Å². The molecule has 3 N–H and O–H groups in total. The minimum Gasteiger partial charge on any atom is -0.399 e. The Bertz CT molecular complexity index is 1460. The first kappa shape index (κ1) is 46.1. The highest BCUT2D eigenvalue weighted by Gasteiger charge is 2.43. The summed E-state index contributed by atoms with van der Waals surface area (Å²) in [7, 11) is 4.47. The van der Waals surface area contributed by atoms with Crippen molar-refractivity contribution in [2.24, 2.45) is 29.6 Å². The van der Waals surface area contributed by atoms with E-state index in [-0.39, 0.29) is 54.2 Å². The molecular weight excluding hydrogens is 699 g/mol. The molecule has 302 valence electrons. The van der Waals surface area contributed by atoms with Crippen LogP contribution in [-0.4, -0.2) is 119 Å². The van der Waals surface area contributed by atoms with E-state index in [4.69, 9.17) is 15.2 Å². The van der Waals surface area contributed by atoms with Crippen molar-refractivity contribution in [3.05, 3.63) is 29.8 Å². The van der Waals surface area contributed by atoms with E-state index >= 15 is 0 Å². The number of likely N-dealkylation sites (tertiary alicyclic amines) is 1. The van der Waals surface area contributed by atoms with Crippen LogP contribution in [0.2, 0.25) is 0 Å². The van der Waals surface area contributed by atoms with Crippen molar-refractivity contribution in [1.29, 1.82) is 0 Å². The second-order valence-electron chi connectivity index (χ2n) is 15.7. The average molecular weight is 766 g/mol. The molecule has 0 aliphatic carbocycles. The maximum atomic E-state index is 14.2. The van der Waals surface area contributed by atoms with Crippen molar-refractivity contribution >= 4 is 39.2 Å². The summed E-state index contributed by atoms with van der Waals surface area (Å²) in [5.74, 6) is -2.92. The van der Waals surface area contributed by atoms with E-state index in [0.717, 1.165) is 6.42 Å². The molecule has 1 aromatic carbocycles. The van der Waals surface area contributed by atoms with Gasteiger partial charge in [0.15, 0.2) is 5.78 Å². The summed E-state index contributed by atoms with van der Waals surface area (Å²) in [5, 5.41) is 0. The first-order valence-electron chi connectivity index (χ1n) is 18.9. The number of ketones is 1. The van der Waals surface area contributed by atoms with Crippen LogP contribution in [-0.2, 0) is 44.4 Å². The number of anilines is 1. The summed E-state index contributed by atoms with van der Waals surface area (Å²) in [6.45, 7) is 14.0. The number of nitrogen functional groups attached to an aromatic ring is 1. The maximum absolute atomic E-state index is 14.2. The normalized spacial score (nSPS) is 19.1. The van der Waals surface area contributed by atoms with Crippen LogP contribution in [0.3, 0.4) is 0 Å². The van der Waals surface area contributed by atoms with Gasteiger partial charge in [0.2, 0.25) is 27.7 Å². The number of rotatable bonds is 21. The van der Waals surface area contributed by atoms with Gasteiger partial charge in [-0.1, -0.05) is 67.0 Å². The highest BCUT2D eigenvalue weighted by Crippen LogP contribution is 2.31. The largest absolute Gasteiger partial charge is 0.399 e. The second kappa shape index (κ2) is 20.6. The molecular formula is C39H67N5O8S. The fraction of sp³-hybridized carbons (Fsp3) is 0.744. The van der Waals surface area contributed by atoms with Crippen LogP contribution in [0.5, 0.6) is 0 Å². The fourth-order valence-corrected chi connectivity index (χ4v) is 9.08. The third kappa shape index (κ3) is 12.5. The number of Topliss-reactive ketones (excluding diaryl/α,β-unsaturated/α-hetero) is 1. The van der Waals surface area contributed by atoms with Gasteiger partial charge >= 0.3 is 0 Å². The number of ether oxygens (including phenoxy) is 2. The SMILES string of the molecule is CCC(C)[C@@H]([C@@H](CC(=O)N1CCC[C@H]1[C@H](OC)[C@@H](C)C(=O)NS(=O)(=O)Cc1ccc(N)cc1)OC)N(C)C(=O)[C@@H](CC(=O)[C@H](C(C)C)N(C)C)C(C)C. The predicted molar refractivity (Wildman–Crippen MR) is 208 cm³/mol. The van der Waals surface area contributed by atoms with Gasteiger partial charge < -0.3 is 25.0 Å². The molecule has 0 saturated carbocycles. The van der Waals surface area contributed by atoms with E-state index in [1.165, 1.54) is 14.2 Å². The number of methoxy groups -OCH3 is 2. The fourth-order valence-electron chi connectivity index (χ4n) is 7.89. The molecule has 0 bridgehead atoms. The zero-order valence-corrected chi connectivity index (χ0v) is 34.9. The predicted octanol–water partition coefficient (Wildman–Crippen LogP) is 3.95. The summed E-state index contributed by atoms with van der Waals surface area (Å²) in [4.78, 5) is 60.5. The Morgan fingerprint density at radius 3 is 2.04 bits per heavy atom. The Kier molecular flexibility index (Phi) is 17.9. The summed E-state index contributed by atoms with van der Waals surface area (Å²) >= 11 is 0. The molecule has 3 amide bonds. The van der Waals surface area contributed by atoms with Gasteiger partial charge in [-0.15, -0.1) is 0 Å². The van der Waals surface area contributed by atoms with Crippen LogP contribution in [0, 0.1) is 29.6 Å². The molecule has 1 fully saturated rings. The van der Waals surface area contributed by atoms with Gasteiger partial charge in [0.25, 0.3) is 0 Å². The highest BCUT2D eigenvalue weighted by atomic mass is 32.2. The summed E-state index contributed by atoms with van der Waals surface area (Å²) in [6.07, 6.45) is 0.649. The average Bonchev–Trinajstić information content (AvgIpc) is 3.56. The van der Waals surface area contributed by atoms with E-state index in [1.807, 2.05) is 60.5 Å². The minimum absolute atomic E-state index is 0.0199. The van der Waals surface area contributed by atoms with E-state index < -0.39 is 57.8 Å². The summed E-state index contributed by atoms with van der Waals surface area (Å²) in [6, 6.07) is 5.13. The maximum Gasteiger partial charge on any atom is 0.239 e. The van der Waals surface area contributed by atoms with Crippen LogP contribution >= 0.6 is 0 Å². The number of benzene rings is 1. The molecule has 0 radical (unpaired) electrons. The van der Waals surface area contributed by atoms with Crippen LogP contribution in [0.15, 0.2) is 24.3 Å². The first-order chi connectivity index (χ1) is 24.7. The number of hydrogen-bond acceptors (Lipinski definition) is 10. The Balaban J connectivity index is 2.26. The summed E-state index contributed by atoms with van der Waals surface area (Å²) in [5.41, 5.74) is 6.69. The molecule has 1 unspecified atom stereocenters. The molecule has 1 saturated heterocycles. The van der Waals surface area contributed by atoms with Gasteiger partial charge in [0.05, 0.1) is 48.4 Å². The zero-order valence-electron chi connectivity index (χ0n) is 34.1. The number of amides is 3. The standard InChI is InChI=1S/C39H67N5O8S/c1-13-26(6)36(43(10)39(48)30(24(2)3)21-32(45)35(25(4)5)42(8)9)33(51-11)22-34(46)44-20-14-15-31(44)37(52-12)27(7)38(47)41-53(49,50)23-28-16-18-29(40)19-17-28/h16-19,24-27,30-31,33,35-37H,13-15,20-23,40H2,1-12H3,(H,41,47)/t26?,27-,30+,31+,33-,35+,36+,37-/m1/s1. The monoisotopic (exact) mass is 765 g/mol. The molecule has 1 aliphatic heterocycles. The second-order valence-corrected chi connectivity index (χ2v) is 17.5. The Hall–Kier alpha value is -3.07. The molecule has 13 nitrogen and oxygen atoms in total. The third-order valence-electron chi connectivity index (χ3n) is 10.9. The number of likely N-dealkylation sites (N-methyl/N-ethyl adjacent to an activating group) is 2. The van der Waals surface area contributed by atoms with Gasteiger partial charge in [-0.05, 0) is 62.4 Å². The lowest BCUT2D eigenvalue weighted by Crippen LogP contribution is -2.54. The molecule has 1 aliphatic rings. The first-order valence-corrected chi connectivity index (χ1v) is 20.6. The molecule has 8 atom stereocenters. The number of sulfonamides is 1. The van der Waals surface area contributed by atoms with Crippen molar-refractivity contribution in [3.63, 3.8) is 0 Å². The van der Waals surface area contributed by atoms with Crippen molar-refractivity contribution < 1.29 is 37.1 Å². The molecule has 0 spiro atoms. The van der Waals surface area contributed by atoms with E-state index in [0.29, 0.717) is 30.6 Å². The van der Waals surface area contributed by atoms with Crippen LogP contribution in [0.1, 0.15) is 86.1 Å². The Morgan fingerprint density at radius 2 is 1.55 bits per heavy atom. The number of carbonyl (C=O) groups is 4. The number of carbonyl (C=O) groups excluding carboxylic acids is 4. The number of nitrogens with zero attached hydrogens (tertiary/aromatic N) is 3. The smallest absolute Gasteiger partial charge is 0.239 e. The van der Waals surface area contributed by atoms with E-state index in [1.54, 1.807) is 48.0 Å². The van der Waals surface area contributed by atoms with Gasteiger partial charge in [0.1, 0.15) is 0 Å². The van der Waals surface area contributed by atoms with E-state index in [9.17, 15) is 27.6 Å². The molecule has 53 heavy (non-hydrogen) atoms. The van der Waals surface area contributed by atoms with Crippen molar-refractivity contribution in [2.45, 2.75) is 117 Å². The molecule has 0 aromatic heterocycles. The zero-order chi connectivity index (χ0) is 40.4. The van der Waals surface area contributed by atoms with Gasteiger partial charge in [-0.2, -0.15) is 0 Å². The third-order valence-corrected chi connectivity index (χ3v) is 12.1. The number of nitrogens with one attached hydrogen (secondary N) is 1. The lowest BCUT2D eigenvalue weighted by atomic mass is 9.83. The topological polar surface area (TPSA) is 169 Å². The number of hydrogen-bond donors (Lipinski definition) is 2. The van der Waals surface area contributed by atoms with E-state index in [2.05, 4.69) is 4.72 Å². The van der Waals surface area contributed by atoms with Crippen LogP contribution < -0.4 is 10.5 Å². The molecule has 1 aromatic rings. The lowest BCUT2D eigenvalue weighted by molar-refractivity contribution is -0.149. The van der Waals surface area contributed by atoms with Crippen molar-refractivity contribution in [2.75, 3.05) is 47.6 Å². The lowest BCUT2D eigenvalue weighted by Gasteiger charge is -2.41. The highest BCUT2D eigenvalue weighted by molar-refractivity contribution is 7.89. The Labute approximate surface area is 318 Å². The van der Waals surface area contributed by atoms with Crippen molar-refractivity contribution in [1.82, 2.24) is 19.4 Å². The van der Waals surface area contributed by atoms with Gasteiger partial charge in [0, 0.05) is 45.8 Å². The quantitative estimate of drug-likeness (QED) is 0.175. The molecule has 2 rings (SSSR count). The molecule has 14 heteroatoms. The van der Waals surface area contributed by atoms with Crippen molar-refractivity contribution in [3.8, 4) is 0 Å². The summed E-state index contributed by atoms with van der Waals surface area (Å²) < 4.78 is 39.8. The minimum atomic E-state index is -4.02. The van der Waals surface area contributed by atoms with Crippen LogP contribution in [0.4, 0.5) is 5.69 Å². The number of nitrogens with two attached hydrogens (primary N) is 1. The van der Waals surface area contributed by atoms with Gasteiger partial charge in [-0.25, -0.2) is 8.42 Å².